The van der Waals surface area contributed by atoms with Gasteiger partial charge >= 0.3 is 5.97 Å². The zero-order valence-electron chi connectivity index (χ0n) is 25.5. The van der Waals surface area contributed by atoms with Gasteiger partial charge in [-0.2, -0.15) is 0 Å². The number of fused-ring (bicyclic) bond motifs is 1. The second-order valence-electron chi connectivity index (χ2n) is 12.5. The quantitative estimate of drug-likeness (QED) is 0.192. The Kier molecular flexibility index (Phi) is 7.22. The zero-order valence-corrected chi connectivity index (χ0v) is 26.4. The lowest BCUT2D eigenvalue weighted by Crippen LogP contribution is -2.67. The molecule has 1 N–H and O–H groups in total. The fourth-order valence-electron chi connectivity index (χ4n) is 6.57. The van der Waals surface area contributed by atoms with E-state index >= 15 is 4.79 Å². The van der Waals surface area contributed by atoms with Crippen molar-refractivity contribution in [3.8, 4) is 0 Å². The van der Waals surface area contributed by atoms with Crippen molar-refractivity contribution in [2.75, 3.05) is 4.90 Å². The molecule has 0 aliphatic carbocycles. The van der Waals surface area contributed by atoms with E-state index in [0.717, 1.165) is 16.7 Å². The van der Waals surface area contributed by atoms with E-state index < -0.39 is 38.4 Å². The molecule has 0 saturated heterocycles. The Bertz CT molecular complexity index is 1690. The third-order valence-corrected chi connectivity index (χ3v) is 10.3. The van der Waals surface area contributed by atoms with Gasteiger partial charge in [-0.25, -0.2) is 13.7 Å². The summed E-state index contributed by atoms with van der Waals surface area (Å²) in [5.41, 5.74) is -0.165. The maximum absolute atomic E-state index is 15.8. The molecule has 2 heterocycles. The molecule has 3 atom stereocenters. The number of cyclic esters (lactones) is 1. The van der Waals surface area contributed by atoms with Crippen molar-refractivity contribution >= 4 is 28.5 Å². The van der Waals surface area contributed by atoms with Crippen LogP contribution in [0.2, 0.25) is 0 Å². The van der Waals surface area contributed by atoms with Gasteiger partial charge in [0.25, 0.3) is 5.91 Å². The summed E-state index contributed by atoms with van der Waals surface area (Å²) in [5, 5.41) is 0. The molecule has 1 amide bonds. The van der Waals surface area contributed by atoms with E-state index in [1.165, 1.54) is 0 Å². The minimum Gasteiger partial charge on any atom is -0.449 e. The highest BCUT2D eigenvalue weighted by atomic mass is 32.2. The van der Waals surface area contributed by atoms with Crippen LogP contribution in [-0.4, -0.2) is 26.4 Å². The smallest absolute Gasteiger partial charge is 0.334 e. The van der Waals surface area contributed by atoms with Gasteiger partial charge in [-0.05, 0) is 63.5 Å². The molecule has 0 spiro atoms. The molecular weight excluding hydrogens is 568 g/mol. The zero-order chi connectivity index (χ0) is 31.3. The Morgan fingerprint density at radius 2 is 1.18 bits per heavy atom. The van der Waals surface area contributed by atoms with E-state index in [4.69, 9.17) is 4.74 Å². The topological polar surface area (TPSA) is 75.7 Å². The number of rotatable bonds is 7. The first-order chi connectivity index (χ1) is 21.0. The van der Waals surface area contributed by atoms with Crippen LogP contribution < -0.4 is 9.62 Å². The Hall–Kier alpha value is -4.33. The molecule has 0 aromatic heterocycles. The molecule has 2 aliphatic heterocycles. The number of hydrogen-bond donors (Lipinski definition) is 1. The predicted octanol–water partition coefficient (Wildman–Crippen LogP) is 6.53. The largest absolute Gasteiger partial charge is 0.449 e. The molecule has 4 aromatic rings. The number of esters is 1. The fourth-order valence-corrected chi connectivity index (χ4v) is 7.55. The van der Waals surface area contributed by atoms with Crippen LogP contribution in [0.1, 0.15) is 56.9 Å². The van der Waals surface area contributed by atoms with Crippen molar-refractivity contribution in [3.05, 3.63) is 149 Å². The first-order valence-electron chi connectivity index (χ1n) is 14.7. The summed E-state index contributed by atoms with van der Waals surface area (Å²) in [6, 6.07) is 37.4. The Labute approximate surface area is 261 Å². The third-order valence-electron chi connectivity index (χ3n) is 8.65. The Morgan fingerprint density at radius 3 is 1.61 bits per heavy atom. The van der Waals surface area contributed by atoms with Gasteiger partial charge in [0.2, 0.25) is 0 Å². The minimum atomic E-state index is -1.73. The molecule has 44 heavy (non-hydrogen) atoms. The summed E-state index contributed by atoms with van der Waals surface area (Å²) in [7, 11) is -1.73. The summed E-state index contributed by atoms with van der Waals surface area (Å²) in [6.07, 6.45) is 1.69. The van der Waals surface area contributed by atoms with Crippen LogP contribution in [0.5, 0.6) is 0 Å². The lowest BCUT2D eigenvalue weighted by Gasteiger charge is -2.46. The van der Waals surface area contributed by atoms with Crippen LogP contribution in [0.4, 0.5) is 5.69 Å². The van der Waals surface area contributed by atoms with Gasteiger partial charge < -0.3 is 4.74 Å². The maximum atomic E-state index is 15.8. The highest BCUT2D eigenvalue weighted by Crippen LogP contribution is 2.57. The summed E-state index contributed by atoms with van der Waals surface area (Å²) in [4.78, 5) is 30.7. The van der Waals surface area contributed by atoms with Gasteiger partial charge in [0, 0.05) is 11.1 Å². The lowest BCUT2D eigenvalue weighted by molar-refractivity contribution is -0.154. The molecule has 0 unspecified atom stereocenters. The molecule has 4 aromatic carbocycles. The van der Waals surface area contributed by atoms with E-state index in [-0.39, 0.29) is 5.91 Å². The monoisotopic (exact) mass is 604 g/mol. The number of carbonyl (C=O) groups excluding carboxylic acids is 2. The van der Waals surface area contributed by atoms with Crippen molar-refractivity contribution in [2.45, 2.75) is 56.0 Å². The average molecular weight is 605 g/mol. The summed E-state index contributed by atoms with van der Waals surface area (Å²) in [6.45, 7) is 8.94. The Morgan fingerprint density at radius 1 is 0.727 bits per heavy atom. The van der Waals surface area contributed by atoms with Crippen molar-refractivity contribution in [2.24, 2.45) is 0 Å². The predicted molar refractivity (Wildman–Crippen MR) is 174 cm³/mol. The number of ether oxygens (including phenoxy) is 1. The van der Waals surface area contributed by atoms with E-state index in [2.05, 4.69) is 4.72 Å². The number of anilines is 1. The van der Waals surface area contributed by atoms with E-state index in [0.29, 0.717) is 16.8 Å². The number of nitrogens with zero attached hydrogens (tertiary/aromatic N) is 1. The van der Waals surface area contributed by atoms with Crippen LogP contribution in [0, 0.1) is 0 Å². The summed E-state index contributed by atoms with van der Waals surface area (Å²) < 4.78 is 22.7. The first kappa shape index (κ1) is 29.7. The molecular formula is C37H36N2O4S. The van der Waals surface area contributed by atoms with Crippen LogP contribution in [0.3, 0.4) is 0 Å². The lowest BCUT2D eigenvalue weighted by atomic mass is 9.74. The standard InChI is InChI=1S/C37H36N2O4S/c1-26-25-35(5,43-32(26)40)37(38-44(42)34(2,3)4)30-23-15-16-24-31(30)39(33(37)41)36(27-17-9-6-10-18-27,28-19-11-7-12-20-28)29-21-13-8-14-22-29/h6-25,38H,1-5H3/t35-,37+,44-/m1/s1. The molecule has 0 saturated carbocycles. The van der Waals surface area contributed by atoms with Gasteiger partial charge in [0.1, 0.15) is 5.54 Å². The molecule has 224 valence electrons. The highest BCUT2D eigenvalue weighted by Gasteiger charge is 2.68. The summed E-state index contributed by atoms with van der Waals surface area (Å²) >= 11 is 0. The molecule has 6 nitrogen and oxygen atoms in total. The molecule has 0 fully saturated rings. The van der Waals surface area contributed by atoms with E-state index in [1.54, 1.807) is 19.9 Å². The molecule has 6 rings (SSSR count). The van der Waals surface area contributed by atoms with E-state index in [9.17, 15) is 9.00 Å². The van der Waals surface area contributed by atoms with E-state index in [1.807, 2.05) is 141 Å². The number of hydrogen-bond acceptors (Lipinski definition) is 4. The molecule has 7 heteroatoms. The third kappa shape index (κ3) is 4.29. The minimum absolute atomic E-state index is 0.380. The molecule has 0 radical (unpaired) electrons. The number of amides is 1. The Balaban J connectivity index is 1.75. The van der Waals surface area contributed by atoms with Crippen molar-refractivity contribution < 1.29 is 18.5 Å². The van der Waals surface area contributed by atoms with Crippen LogP contribution in [0.25, 0.3) is 0 Å². The van der Waals surface area contributed by atoms with Gasteiger partial charge in [-0.15, -0.1) is 0 Å². The number of nitrogens with one attached hydrogen (secondary N) is 1. The average Bonchev–Trinajstić information content (AvgIpc) is 3.44. The number of benzene rings is 4. The second-order valence-corrected chi connectivity index (χ2v) is 14.5. The van der Waals surface area contributed by atoms with Crippen LogP contribution in [0.15, 0.2) is 127 Å². The second kappa shape index (κ2) is 10.7. The van der Waals surface area contributed by atoms with Crippen molar-refractivity contribution in [1.29, 1.82) is 0 Å². The van der Waals surface area contributed by atoms with Crippen LogP contribution >= 0.6 is 0 Å². The molecule has 2 aliphatic rings. The fraction of sp³-hybridized carbons (Fsp3) is 0.243. The van der Waals surface area contributed by atoms with Crippen LogP contribution in [-0.2, 0) is 36.4 Å². The van der Waals surface area contributed by atoms with Gasteiger partial charge in [-0.1, -0.05) is 109 Å². The van der Waals surface area contributed by atoms with Crippen molar-refractivity contribution in [1.82, 2.24) is 4.72 Å². The van der Waals surface area contributed by atoms with Gasteiger partial charge in [0.05, 0.1) is 21.4 Å². The van der Waals surface area contributed by atoms with Crippen molar-refractivity contribution in [3.63, 3.8) is 0 Å². The number of para-hydroxylation sites is 1. The summed E-state index contributed by atoms with van der Waals surface area (Å²) in [5.74, 6) is -0.895. The number of carbonyl (C=O) groups is 2. The first-order valence-corrected chi connectivity index (χ1v) is 15.8. The van der Waals surface area contributed by atoms with Gasteiger partial charge in [0.15, 0.2) is 11.1 Å². The normalized spacial score (nSPS) is 22.4. The van der Waals surface area contributed by atoms with Gasteiger partial charge in [-0.3, -0.25) is 9.69 Å². The molecule has 0 bridgehead atoms. The SMILES string of the molecule is CC1=C[C@](C)([C@@]2(N[S@](=O)C(C)(C)C)C(=O)N(C(c3ccccc3)(c3ccccc3)c3ccccc3)c3ccccc32)OC1=O. The highest BCUT2D eigenvalue weighted by molar-refractivity contribution is 7.84. The maximum Gasteiger partial charge on any atom is 0.334 e.